The summed E-state index contributed by atoms with van der Waals surface area (Å²) in [5.41, 5.74) is 2.31. The number of alkyl halides is 6. The average Bonchev–Trinajstić information content (AvgIpc) is 3.34. The summed E-state index contributed by atoms with van der Waals surface area (Å²) < 4.78 is 87.9. The van der Waals surface area contributed by atoms with E-state index in [1.54, 1.807) is 0 Å². The molecule has 2 aromatic heterocycles. The third-order valence-electron chi connectivity index (χ3n) is 6.15. The van der Waals surface area contributed by atoms with Crippen LogP contribution in [0.3, 0.4) is 0 Å². The summed E-state index contributed by atoms with van der Waals surface area (Å²) in [5, 5.41) is 7.17. The minimum Gasteiger partial charge on any atom is -0.406 e. The smallest absolute Gasteiger partial charge is 0.406 e. The van der Waals surface area contributed by atoms with Gasteiger partial charge in [-0.2, -0.15) is 18.2 Å². The Morgan fingerprint density at radius 3 is 2.46 bits per heavy atom. The second-order valence-corrected chi connectivity index (χ2v) is 9.28. The van der Waals surface area contributed by atoms with Gasteiger partial charge in [-0.05, 0) is 55.0 Å². The maximum atomic E-state index is 12.5. The van der Waals surface area contributed by atoms with E-state index in [1.165, 1.54) is 17.7 Å². The number of nitrogens with one attached hydrogen (secondary N) is 1. The van der Waals surface area contributed by atoms with E-state index in [0.717, 1.165) is 43.0 Å². The molecule has 3 heterocycles. The largest absolute Gasteiger partial charge is 0.573 e. The van der Waals surface area contributed by atoms with Crippen molar-refractivity contribution < 1.29 is 49.9 Å². The van der Waals surface area contributed by atoms with Crippen LogP contribution in [0.4, 0.5) is 32.2 Å². The van der Waals surface area contributed by atoms with E-state index in [0.29, 0.717) is 25.1 Å². The Kier molecular flexibility index (Phi) is 9.13. The van der Waals surface area contributed by atoms with Crippen molar-refractivity contribution >= 4 is 17.8 Å². The Morgan fingerprint density at radius 2 is 1.76 bits per heavy atom. The number of hydrogen-bond acceptors (Lipinski definition) is 9. The van der Waals surface area contributed by atoms with Gasteiger partial charge in [0.1, 0.15) is 11.6 Å². The van der Waals surface area contributed by atoms with Gasteiger partial charge in [-0.1, -0.05) is 23.4 Å². The lowest BCUT2D eigenvalue weighted by atomic mass is 9.92. The molecular weight excluding hydrogens is 562 g/mol. The Balaban J connectivity index is 1.40. The van der Waals surface area contributed by atoms with Crippen LogP contribution >= 0.6 is 0 Å². The third kappa shape index (κ3) is 8.91. The number of ether oxygens (including phenoxy) is 2. The number of carbonyl (C=O) groups is 2. The Bertz CT molecular complexity index is 1360. The van der Waals surface area contributed by atoms with Gasteiger partial charge in [0.15, 0.2) is 5.82 Å². The highest BCUT2D eigenvalue weighted by Gasteiger charge is 2.42. The number of aryl methyl sites for hydroxylation is 3. The molecule has 0 saturated carbocycles. The molecule has 9 nitrogen and oxygen atoms in total. The number of hydrogen-bond donors (Lipinski definition) is 1. The van der Waals surface area contributed by atoms with Crippen molar-refractivity contribution in [1.29, 1.82) is 0 Å². The second kappa shape index (κ2) is 12.6. The van der Waals surface area contributed by atoms with E-state index >= 15 is 0 Å². The van der Waals surface area contributed by atoms with Crippen LogP contribution < -0.4 is 10.1 Å². The minimum atomic E-state index is -5.38. The molecule has 0 radical (unpaired) electrons. The molecule has 0 amide bonds. The summed E-state index contributed by atoms with van der Waals surface area (Å²) in [6.07, 6.45) is -7.47. The number of halogens is 6. The van der Waals surface area contributed by atoms with E-state index in [9.17, 15) is 35.9 Å². The zero-order valence-electron chi connectivity index (χ0n) is 21.3. The molecule has 0 fully saturated rings. The van der Waals surface area contributed by atoms with Gasteiger partial charge < -0.3 is 19.3 Å². The van der Waals surface area contributed by atoms with Crippen LogP contribution in [-0.2, 0) is 40.0 Å². The maximum Gasteiger partial charge on any atom is 0.573 e. The molecule has 1 aliphatic rings. The predicted molar refractivity (Wildman–Crippen MR) is 129 cm³/mol. The number of rotatable bonds is 10. The lowest BCUT2D eigenvalue weighted by molar-refractivity contribution is -0.274. The molecular formula is C26H24F6N4O5. The summed E-state index contributed by atoms with van der Waals surface area (Å²) in [4.78, 5) is 32.1. The zero-order valence-corrected chi connectivity index (χ0v) is 21.3. The number of anilines is 1. The van der Waals surface area contributed by atoms with Crippen LogP contribution in [0.25, 0.3) is 0 Å². The van der Waals surface area contributed by atoms with Crippen molar-refractivity contribution in [3.05, 3.63) is 64.9 Å². The molecule has 0 bridgehead atoms. The normalized spacial score (nSPS) is 14.1. The van der Waals surface area contributed by atoms with E-state index in [2.05, 4.69) is 29.9 Å². The summed E-state index contributed by atoms with van der Waals surface area (Å²) in [6, 6.07) is 8.36. The summed E-state index contributed by atoms with van der Waals surface area (Å²) in [5.74, 6) is -4.41. The summed E-state index contributed by atoms with van der Waals surface area (Å²) in [7, 11) is 0. The third-order valence-corrected chi connectivity index (χ3v) is 6.15. The lowest BCUT2D eigenvalue weighted by Crippen LogP contribution is -2.28. The number of benzene rings is 1. The van der Waals surface area contributed by atoms with Gasteiger partial charge >= 0.3 is 24.5 Å². The van der Waals surface area contributed by atoms with Crippen molar-refractivity contribution in [2.45, 2.75) is 63.4 Å². The van der Waals surface area contributed by atoms with E-state index < -0.39 is 42.6 Å². The van der Waals surface area contributed by atoms with Crippen molar-refractivity contribution in [1.82, 2.24) is 15.1 Å². The molecule has 1 N–H and O–H groups in total. The van der Waals surface area contributed by atoms with Crippen LogP contribution in [0, 0.1) is 0 Å². The first-order chi connectivity index (χ1) is 19.4. The van der Waals surface area contributed by atoms with Crippen molar-refractivity contribution in [2.24, 2.45) is 0 Å². The molecule has 1 unspecified atom stereocenters. The highest BCUT2D eigenvalue weighted by atomic mass is 19.4. The second-order valence-electron chi connectivity index (χ2n) is 9.28. The summed E-state index contributed by atoms with van der Waals surface area (Å²) >= 11 is 0. The summed E-state index contributed by atoms with van der Waals surface area (Å²) in [6.45, 7) is 0.873. The van der Waals surface area contributed by atoms with Crippen LogP contribution in [0.2, 0.25) is 0 Å². The monoisotopic (exact) mass is 586 g/mol. The number of esters is 2. The van der Waals surface area contributed by atoms with Crippen LogP contribution in [0.15, 0.2) is 40.9 Å². The molecule has 1 aromatic carbocycles. The van der Waals surface area contributed by atoms with Crippen molar-refractivity contribution in [3.8, 4) is 5.75 Å². The topological polar surface area (TPSA) is 116 Å². The van der Waals surface area contributed by atoms with Crippen molar-refractivity contribution in [3.63, 3.8) is 0 Å². The van der Waals surface area contributed by atoms with Gasteiger partial charge in [-0.15, -0.1) is 13.2 Å². The molecule has 1 atom stereocenters. The highest BCUT2D eigenvalue weighted by Crippen LogP contribution is 2.29. The van der Waals surface area contributed by atoms with Gasteiger partial charge in [0.05, 0.1) is 6.42 Å². The van der Waals surface area contributed by atoms with Gasteiger partial charge in [0.2, 0.25) is 5.89 Å². The standard InChI is InChI=1S/C26H24F6N4O5/c27-25(28,29)24(38)39-22(37)14-17(15-7-10-19(11-8-15)40-26(30,31)32)13-21-35-20(36-41-21)5-1-4-18-9-6-16-3-2-12-33-23(16)34-18/h6-11,17H,1-5,12-14H2,(H,33,34). The van der Waals surface area contributed by atoms with E-state index in [-0.39, 0.29) is 17.9 Å². The fraction of sp³-hybridized carbons (Fsp3) is 0.423. The maximum absolute atomic E-state index is 12.5. The average molecular weight is 586 g/mol. The number of pyridine rings is 1. The fourth-order valence-corrected chi connectivity index (χ4v) is 4.27. The Labute approximate surface area is 229 Å². The first-order valence-electron chi connectivity index (χ1n) is 12.6. The molecule has 41 heavy (non-hydrogen) atoms. The molecule has 0 spiro atoms. The predicted octanol–water partition coefficient (Wildman–Crippen LogP) is 5.25. The molecule has 1 aliphatic heterocycles. The minimum absolute atomic E-state index is 0.0340. The van der Waals surface area contributed by atoms with Gasteiger partial charge in [0, 0.05) is 31.0 Å². The fourth-order valence-electron chi connectivity index (χ4n) is 4.27. The first kappa shape index (κ1) is 29.8. The zero-order chi connectivity index (χ0) is 29.6. The van der Waals surface area contributed by atoms with Crippen molar-refractivity contribution in [2.75, 3.05) is 11.9 Å². The molecule has 0 saturated heterocycles. The lowest BCUT2D eigenvalue weighted by Gasteiger charge is -2.17. The quantitative estimate of drug-likeness (QED) is 0.193. The highest BCUT2D eigenvalue weighted by molar-refractivity contribution is 5.88. The molecule has 0 aliphatic carbocycles. The molecule has 3 aromatic rings. The molecule has 220 valence electrons. The molecule has 4 rings (SSSR count). The number of fused-ring (bicyclic) bond motifs is 1. The van der Waals surface area contributed by atoms with Gasteiger partial charge in [0.25, 0.3) is 0 Å². The molecule has 15 heteroatoms. The van der Waals surface area contributed by atoms with Crippen LogP contribution in [-0.4, -0.2) is 46.1 Å². The van der Waals surface area contributed by atoms with E-state index in [4.69, 9.17) is 4.52 Å². The number of aromatic nitrogens is 3. The van der Waals surface area contributed by atoms with Gasteiger partial charge in [-0.3, -0.25) is 4.79 Å². The first-order valence-corrected chi connectivity index (χ1v) is 12.6. The number of nitrogens with zero attached hydrogens (tertiary/aromatic N) is 3. The number of carbonyl (C=O) groups excluding carboxylic acids is 2. The Morgan fingerprint density at radius 1 is 1.00 bits per heavy atom. The Hall–Kier alpha value is -4.17. The van der Waals surface area contributed by atoms with Crippen LogP contribution in [0.1, 0.15) is 53.7 Å². The SMILES string of the molecule is O=C(CC(Cc1nc(CCCc2ccc3c(n2)NCCC3)no1)c1ccc(OC(F)(F)F)cc1)OC(=O)C(F)(F)F. The van der Waals surface area contributed by atoms with E-state index in [1.807, 2.05) is 12.1 Å². The van der Waals surface area contributed by atoms with Crippen LogP contribution in [0.5, 0.6) is 5.75 Å². The van der Waals surface area contributed by atoms with Gasteiger partial charge in [-0.25, -0.2) is 9.78 Å².